The average molecular weight is 435 g/mol. The molecule has 6 heteroatoms. The number of benzene rings is 2. The van der Waals surface area contributed by atoms with Gasteiger partial charge in [-0.15, -0.1) is 0 Å². The second-order valence-electron chi connectivity index (χ2n) is 9.46. The summed E-state index contributed by atoms with van der Waals surface area (Å²) in [7, 11) is 4.35. The summed E-state index contributed by atoms with van der Waals surface area (Å²) in [5.74, 6) is 1.52. The van der Waals surface area contributed by atoms with Gasteiger partial charge in [0.1, 0.15) is 24.3 Å². The third-order valence-electron chi connectivity index (χ3n) is 7.91. The van der Waals surface area contributed by atoms with Gasteiger partial charge in [-0.3, -0.25) is 0 Å². The predicted octanol–water partition coefficient (Wildman–Crippen LogP) is 4.77. The van der Waals surface area contributed by atoms with Gasteiger partial charge in [0.2, 0.25) is 0 Å². The number of fused-ring (bicyclic) bond motifs is 11. The Bertz CT molecular complexity index is 1320. The fraction of sp³-hybridized carbons (Fsp3) is 0.259. The number of nitrogens with zero attached hydrogens (tertiary/aromatic N) is 6. The number of para-hydroxylation sites is 2. The summed E-state index contributed by atoms with van der Waals surface area (Å²) in [6.07, 6.45) is 9.42. The Labute approximate surface area is 194 Å². The number of rotatable bonds is 0. The molecule has 0 bridgehead atoms. The smallest absolute Gasteiger partial charge is 0.157 e. The average Bonchev–Trinajstić information content (AvgIpc) is 3.35. The molecule has 33 heavy (non-hydrogen) atoms. The highest BCUT2D eigenvalue weighted by atomic mass is 15.5. The van der Waals surface area contributed by atoms with Crippen molar-refractivity contribution in [2.75, 3.05) is 28.8 Å². The Hall–Kier alpha value is -3.80. The first kappa shape index (κ1) is 18.7. The zero-order valence-electron chi connectivity index (χ0n) is 18.8. The molecule has 4 aliphatic heterocycles. The van der Waals surface area contributed by atoms with Crippen LogP contribution >= 0.6 is 0 Å². The van der Waals surface area contributed by atoms with Crippen LogP contribution in [0.4, 0.5) is 22.9 Å². The maximum atomic E-state index is 4.73. The summed E-state index contributed by atoms with van der Waals surface area (Å²) in [5, 5.41) is 0. The lowest BCUT2D eigenvalue weighted by molar-refractivity contribution is 0.249. The van der Waals surface area contributed by atoms with Gasteiger partial charge in [0.15, 0.2) is 5.82 Å². The van der Waals surface area contributed by atoms with E-state index in [9.17, 15) is 0 Å². The largest absolute Gasteiger partial charge is 0.359 e. The van der Waals surface area contributed by atoms with Crippen molar-refractivity contribution in [3.63, 3.8) is 0 Å². The highest BCUT2D eigenvalue weighted by Gasteiger charge is 2.52. The van der Waals surface area contributed by atoms with Crippen molar-refractivity contribution >= 4 is 28.5 Å². The Balaban J connectivity index is 1.49. The second kappa shape index (κ2) is 6.61. The van der Waals surface area contributed by atoms with Crippen molar-refractivity contribution in [2.45, 2.75) is 24.7 Å². The number of aromatic nitrogens is 2. The molecule has 4 aliphatic rings. The van der Waals surface area contributed by atoms with Crippen LogP contribution in [0, 0.1) is 5.92 Å². The molecule has 1 aromatic heterocycles. The summed E-state index contributed by atoms with van der Waals surface area (Å²) in [6.45, 7) is 4.73. The van der Waals surface area contributed by atoms with E-state index < -0.39 is 0 Å². The standard InChI is InChI=1S/C27H26N6/c1-17-18-8-4-6-10-21(18)32-13-12-30(2)24(32)14-20-25(17)19-9-5-7-11-22(19)33-23-15-28-16-29-26(23)31(3)27(20)33/h4-13,15-16,20,24-25,27H,1,14H2,2-3H3. The zero-order chi connectivity index (χ0) is 22.3. The predicted molar refractivity (Wildman–Crippen MR) is 132 cm³/mol. The van der Waals surface area contributed by atoms with Gasteiger partial charge in [-0.25, -0.2) is 9.97 Å². The molecular weight excluding hydrogens is 408 g/mol. The molecule has 6 nitrogen and oxygen atoms in total. The summed E-state index contributed by atoms with van der Waals surface area (Å²) in [5.41, 5.74) is 7.32. The molecular formula is C27H26N6. The number of hydrogen-bond acceptors (Lipinski definition) is 6. The Kier molecular flexibility index (Phi) is 3.75. The summed E-state index contributed by atoms with van der Waals surface area (Å²) >= 11 is 0. The van der Waals surface area contributed by atoms with Crippen molar-refractivity contribution in [3.8, 4) is 0 Å². The van der Waals surface area contributed by atoms with Crippen molar-refractivity contribution in [3.05, 3.63) is 91.2 Å². The summed E-state index contributed by atoms with van der Waals surface area (Å²) < 4.78 is 0. The fourth-order valence-electron chi connectivity index (χ4n) is 6.50. The molecule has 0 saturated carbocycles. The molecule has 0 fully saturated rings. The minimum absolute atomic E-state index is 0.148. The van der Waals surface area contributed by atoms with Gasteiger partial charge in [0, 0.05) is 49.6 Å². The number of hydrogen-bond donors (Lipinski definition) is 0. The van der Waals surface area contributed by atoms with E-state index in [4.69, 9.17) is 6.58 Å². The first-order valence-electron chi connectivity index (χ1n) is 11.5. The lowest BCUT2D eigenvalue weighted by Gasteiger charge is -2.50. The lowest BCUT2D eigenvalue weighted by Crippen LogP contribution is -2.53. The lowest BCUT2D eigenvalue weighted by atomic mass is 9.70. The number of anilines is 4. The van der Waals surface area contributed by atoms with Gasteiger partial charge in [-0.05, 0) is 29.7 Å². The molecule has 3 aromatic rings. The maximum Gasteiger partial charge on any atom is 0.157 e. The van der Waals surface area contributed by atoms with E-state index in [2.05, 4.69) is 105 Å². The van der Waals surface area contributed by atoms with Crippen LogP contribution in [0.2, 0.25) is 0 Å². The van der Waals surface area contributed by atoms with Crippen LogP contribution in [0.25, 0.3) is 5.57 Å². The molecule has 5 heterocycles. The second-order valence-corrected chi connectivity index (χ2v) is 9.46. The molecule has 4 atom stereocenters. The minimum Gasteiger partial charge on any atom is -0.359 e. The normalized spacial score (nSPS) is 26.7. The van der Waals surface area contributed by atoms with Crippen molar-refractivity contribution in [2.24, 2.45) is 5.92 Å². The third-order valence-corrected chi connectivity index (χ3v) is 7.91. The maximum absolute atomic E-state index is 4.73. The van der Waals surface area contributed by atoms with Crippen molar-refractivity contribution < 1.29 is 0 Å². The fourth-order valence-corrected chi connectivity index (χ4v) is 6.50. The Morgan fingerprint density at radius 3 is 2.61 bits per heavy atom. The monoisotopic (exact) mass is 434 g/mol. The third kappa shape index (κ3) is 2.38. The van der Waals surface area contributed by atoms with Crippen LogP contribution in [-0.2, 0) is 0 Å². The molecule has 0 amide bonds. The first-order valence-corrected chi connectivity index (χ1v) is 11.5. The SMILES string of the molecule is C=C1c2ccccc2N2C=CN(C)C2CC2C1c1ccccc1N1c3cncnc3N(C)C21. The van der Waals surface area contributed by atoms with E-state index in [1.54, 1.807) is 6.33 Å². The van der Waals surface area contributed by atoms with Gasteiger partial charge in [-0.2, -0.15) is 0 Å². The molecule has 2 aromatic carbocycles. The molecule has 0 spiro atoms. The van der Waals surface area contributed by atoms with Gasteiger partial charge in [0.05, 0.1) is 11.9 Å². The molecule has 0 saturated heterocycles. The van der Waals surface area contributed by atoms with Crippen LogP contribution in [0.3, 0.4) is 0 Å². The summed E-state index contributed by atoms with van der Waals surface area (Å²) in [6, 6.07) is 17.5. The van der Waals surface area contributed by atoms with Crippen LogP contribution in [0.15, 0.2) is 80.0 Å². The van der Waals surface area contributed by atoms with Crippen LogP contribution in [0.1, 0.15) is 23.5 Å². The van der Waals surface area contributed by atoms with E-state index in [1.807, 2.05) is 6.20 Å². The molecule has 0 N–H and O–H groups in total. The molecule has 164 valence electrons. The summed E-state index contributed by atoms with van der Waals surface area (Å²) in [4.78, 5) is 18.6. The van der Waals surface area contributed by atoms with Crippen LogP contribution < -0.4 is 14.7 Å². The molecule has 7 rings (SSSR count). The van der Waals surface area contributed by atoms with Gasteiger partial charge in [0.25, 0.3) is 0 Å². The molecule has 4 unspecified atom stereocenters. The minimum atomic E-state index is 0.148. The first-order chi connectivity index (χ1) is 16.1. The highest BCUT2D eigenvalue weighted by Crippen LogP contribution is 2.58. The molecule has 0 aliphatic carbocycles. The van der Waals surface area contributed by atoms with E-state index in [0.29, 0.717) is 5.92 Å². The van der Waals surface area contributed by atoms with Gasteiger partial charge < -0.3 is 19.6 Å². The quantitative estimate of drug-likeness (QED) is 0.508. The molecule has 0 radical (unpaired) electrons. The topological polar surface area (TPSA) is 38.7 Å². The highest BCUT2D eigenvalue weighted by molar-refractivity contribution is 5.88. The number of allylic oxidation sites excluding steroid dienone is 1. The van der Waals surface area contributed by atoms with Crippen LogP contribution in [-0.4, -0.2) is 41.3 Å². The van der Waals surface area contributed by atoms with E-state index >= 15 is 0 Å². The Morgan fingerprint density at radius 2 is 1.73 bits per heavy atom. The van der Waals surface area contributed by atoms with E-state index in [1.165, 1.54) is 28.1 Å². The van der Waals surface area contributed by atoms with E-state index in [-0.39, 0.29) is 18.2 Å². The Morgan fingerprint density at radius 1 is 0.939 bits per heavy atom. The van der Waals surface area contributed by atoms with E-state index in [0.717, 1.165) is 17.9 Å². The van der Waals surface area contributed by atoms with Crippen molar-refractivity contribution in [1.82, 2.24) is 14.9 Å². The van der Waals surface area contributed by atoms with Gasteiger partial charge in [-0.1, -0.05) is 43.0 Å². The van der Waals surface area contributed by atoms with Crippen molar-refractivity contribution in [1.29, 1.82) is 0 Å². The van der Waals surface area contributed by atoms with Gasteiger partial charge >= 0.3 is 0 Å². The van der Waals surface area contributed by atoms with Crippen LogP contribution in [0.5, 0.6) is 0 Å². The zero-order valence-corrected chi connectivity index (χ0v) is 18.8.